The summed E-state index contributed by atoms with van der Waals surface area (Å²) in [5.74, 6) is 1.15. The van der Waals surface area contributed by atoms with Crippen molar-refractivity contribution in [3.8, 4) is 0 Å². The molecule has 2 aromatic rings. The van der Waals surface area contributed by atoms with Gasteiger partial charge in [0.05, 0.1) is 11.3 Å². The van der Waals surface area contributed by atoms with E-state index in [1.54, 1.807) is 23.2 Å². The maximum atomic E-state index is 12.3. The van der Waals surface area contributed by atoms with Gasteiger partial charge in [-0.05, 0) is 19.1 Å². The summed E-state index contributed by atoms with van der Waals surface area (Å²) in [6.07, 6.45) is 1.63. The van der Waals surface area contributed by atoms with Gasteiger partial charge >= 0.3 is 0 Å². The molecule has 0 atom stereocenters. The third-order valence-electron chi connectivity index (χ3n) is 3.89. The number of piperazine rings is 1. The van der Waals surface area contributed by atoms with Crippen LogP contribution in [0.15, 0.2) is 23.5 Å². The molecular formula is C15H19N7O2S. The normalized spacial score (nSPS) is 14.6. The van der Waals surface area contributed by atoms with Gasteiger partial charge in [0.2, 0.25) is 11.1 Å². The first-order chi connectivity index (χ1) is 12.0. The minimum Gasteiger partial charge on any atom is -0.365 e. The molecule has 0 aromatic carbocycles. The Kier molecular flexibility index (Phi) is 5.17. The van der Waals surface area contributed by atoms with Crippen LogP contribution in [0.1, 0.15) is 16.2 Å². The zero-order valence-corrected chi connectivity index (χ0v) is 14.6. The molecule has 25 heavy (non-hydrogen) atoms. The SMILES string of the molecule is Cc1nc(SCC(=O)N2CCN(c3ncccc3C(N)=O)CC2)n[nH]1. The molecule has 1 aliphatic heterocycles. The Morgan fingerprint density at radius 2 is 2.08 bits per heavy atom. The van der Waals surface area contributed by atoms with Crippen molar-refractivity contribution in [1.29, 1.82) is 0 Å². The number of amides is 2. The number of anilines is 1. The molecule has 0 bridgehead atoms. The lowest BCUT2D eigenvalue weighted by Gasteiger charge is -2.35. The van der Waals surface area contributed by atoms with Crippen molar-refractivity contribution in [3.63, 3.8) is 0 Å². The zero-order valence-electron chi connectivity index (χ0n) is 13.8. The number of aromatic amines is 1. The minimum atomic E-state index is -0.500. The predicted molar refractivity (Wildman–Crippen MR) is 93.4 cm³/mol. The molecular weight excluding hydrogens is 342 g/mol. The number of hydrogen-bond donors (Lipinski definition) is 2. The fraction of sp³-hybridized carbons (Fsp3) is 0.400. The summed E-state index contributed by atoms with van der Waals surface area (Å²) in [7, 11) is 0. The number of H-pyrrole nitrogens is 1. The third-order valence-corrected chi connectivity index (χ3v) is 4.72. The number of nitrogens with two attached hydrogens (primary N) is 1. The molecule has 3 N–H and O–H groups in total. The molecule has 10 heteroatoms. The third kappa shape index (κ3) is 4.08. The van der Waals surface area contributed by atoms with E-state index in [0.29, 0.717) is 48.5 Å². The lowest BCUT2D eigenvalue weighted by atomic mass is 10.2. The van der Waals surface area contributed by atoms with Crippen LogP contribution in [0.5, 0.6) is 0 Å². The van der Waals surface area contributed by atoms with Crippen LogP contribution < -0.4 is 10.6 Å². The maximum Gasteiger partial charge on any atom is 0.252 e. The average molecular weight is 361 g/mol. The van der Waals surface area contributed by atoms with Gasteiger partial charge in [0.15, 0.2) is 0 Å². The number of primary amides is 1. The highest BCUT2D eigenvalue weighted by molar-refractivity contribution is 7.99. The highest BCUT2D eigenvalue weighted by atomic mass is 32.2. The van der Waals surface area contributed by atoms with Crippen molar-refractivity contribution in [1.82, 2.24) is 25.1 Å². The summed E-state index contributed by atoms with van der Waals surface area (Å²) in [5.41, 5.74) is 5.81. The van der Waals surface area contributed by atoms with Gasteiger partial charge in [-0.2, -0.15) is 0 Å². The summed E-state index contributed by atoms with van der Waals surface area (Å²) in [6.45, 7) is 4.17. The fourth-order valence-corrected chi connectivity index (χ4v) is 3.36. The Morgan fingerprint density at radius 3 is 2.72 bits per heavy atom. The zero-order chi connectivity index (χ0) is 17.8. The molecule has 132 valence electrons. The highest BCUT2D eigenvalue weighted by Gasteiger charge is 2.24. The molecule has 3 heterocycles. The van der Waals surface area contributed by atoms with Gasteiger partial charge in [0, 0.05) is 32.4 Å². The van der Waals surface area contributed by atoms with Crippen LogP contribution in [0.2, 0.25) is 0 Å². The number of aromatic nitrogens is 4. The molecule has 0 saturated carbocycles. The lowest BCUT2D eigenvalue weighted by molar-refractivity contribution is -0.128. The minimum absolute atomic E-state index is 0.0447. The van der Waals surface area contributed by atoms with Crippen LogP contribution in [0.3, 0.4) is 0 Å². The molecule has 1 saturated heterocycles. The van der Waals surface area contributed by atoms with Crippen molar-refractivity contribution in [2.45, 2.75) is 12.1 Å². The molecule has 1 aliphatic rings. The van der Waals surface area contributed by atoms with Gasteiger partial charge in [-0.1, -0.05) is 11.8 Å². The molecule has 3 rings (SSSR count). The van der Waals surface area contributed by atoms with Crippen LogP contribution in [0, 0.1) is 6.92 Å². The number of hydrogen-bond acceptors (Lipinski definition) is 7. The topological polar surface area (TPSA) is 121 Å². The van der Waals surface area contributed by atoms with E-state index in [2.05, 4.69) is 20.2 Å². The molecule has 1 fully saturated rings. The predicted octanol–water partition coefficient (Wildman–Crippen LogP) is 0.0479. The molecule has 0 radical (unpaired) electrons. The Hall–Kier alpha value is -2.62. The van der Waals surface area contributed by atoms with Crippen LogP contribution in [-0.2, 0) is 4.79 Å². The first-order valence-corrected chi connectivity index (χ1v) is 8.82. The maximum absolute atomic E-state index is 12.3. The summed E-state index contributed by atoms with van der Waals surface area (Å²) < 4.78 is 0. The number of nitrogens with one attached hydrogen (secondary N) is 1. The lowest BCUT2D eigenvalue weighted by Crippen LogP contribution is -2.50. The number of carbonyl (C=O) groups excluding carboxylic acids is 2. The number of thioether (sulfide) groups is 1. The molecule has 0 aliphatic carbocycles. The number of pyridine rings is 1. The summed E-state index contributed by atoms with van der Waals surface area (Å²) >= 11 is 1.31. The van der Waals surface area contributed by atoms with Gasteiger partial charge in [-0.25, -0.2) is 9.97 Å². The Bertz CT molecular complexity index is 771. The van der Waals surface area contributed by atoms with E-state index in [0.717, 1.165) is 5.82 Å². The van der Waals surface area contributed by atoms with E-state index < -0.39 is 5.91 Å². The molecule has 2 amide bonds. The van der Waals surface area contributed by atoms with Gasteiger partial charge in [-0.3, -0.25) is 14.7 Å². The average Bonchev–Trinajstić information content (AvgIpc) is 3.05. The van der Waals surface area contributed by atoms with Crippen molar-refractivity contribution in [2.24, 2.45) is 5.73 Å². The summed E-state index contributed by atoms with van der Waals surface area (Å²) in [6, 6.07) is 3.35. The number of aryl methyl sites for hydroxylation is 1. The largest absolute Gasteiger partial charge is 0.365 e. The Labute approximate surface area is 149 Å². The van der Waals surface area contributed by atoms with Gasteiger partial charge in [-0.15, -0.1) is 5.10 Å². The highest BCUT2D eigenvalue weighted by Crippen LogP contribution is 2.19. The van der Waals surface area contributed by atoms with E-state index in [1.807, 2.05) is 11.8 Å². The number of nitrogens with zero attached hydrogens (tertiary/aromatic N) is 5. The van der Waals surface area contributed by atoms with Crippen LogP contribution >= 0.6 is 11.8 Å². The van der Waals surface area contributed by atoms with E-state index in [9.17, 15) is 9.59 Å². The van der Waals surface area contributed by atoms with E-state index >= 15 is 0 Å². The first kappa shape index (κ1) is 17.2. The summed E-state index contributed by atoms with van der Waals surface area (Å²) in [5, 5.41) is 7.33. The Morgan fingerprint density at radius 1 is 1.32 bits per heavy atom. The standard InChI is InChI=1S/C15H19N7O2S/c1-10-18-15(20-19-10)25-9-12(23)21-5-7-22(8-6-21)14-11(13(16)24)3-2-4-17-14/h2-4H,5-9H2,1H3,(H2,16,24)(H,18,19,20). The Balaban J connectivity index is 1.55. The summed E-state index contributed by atoms with van der Waals surface area (Å²) in [4.78, 5) is 36.1. The first-order valence-electron chi connectivity index (χ1n) is 7.84. The van der Waals surface area contributed by atoms with Crippen molar-refractivity contribution >= 4 is 29.4 Å². The van der Waals surface area contributed by atoms with E-state index in [1.165, 1.54) is 11.8 Å². The van der Waals surface area contributed by atoms with Gasteiger partial charge < -0.3 is 15.5 Å². The van der Waals surface area contributed by atoms with Crippen molar-refractivity contribution in [3.05, 3.63) is 29.7 Å². The number of carbonyl (C=O) groups is 2. The quantitative estimate of drug-likeness (QED) is 0.722. The van der Waals surface area contributed by atoms with Gasteiger partial charge in [0.25, 0.3) is 5.91 Å². The van der Waals surface area contributed by atoms with Crippen molar-refractivity contribution < 1.29 is 9.59 Å². The molecule has 9 nitrogen and oxygen atoms in total. The van der Waals surface area contributed by atoms with Crippen LogP contribution in [0.25, 0.3) is 0 Å². The molecule has 0 spiro atoms. The fourth-order valence-electron chi connectivity index (χ4n) is 2.61. The van der Waals surface area contributed by atoms with E-state index in [-0.39, 0.29) is 5.91 Å². The molecule has 0 unspecified atom stereocenters. The molecule has 2 aromatic heterocycles. The number of rotatable bonds is 5. The monoisotopic (exact) mass is 361 g/mol. The second-order valence-corrected chi connectivity index (χ2v) is 6.54. The van der Waals surface area contributed by atoms with Crippen LogP contribution in [0.4, 0.5) is 5.82 Å². The van der Waals surface area contributed by atoms with E-state index in [4.69, 9.17) is 5.73 Å². The second kappa shape index (κ2) is 7.51. The second-order valence-electron chi connectivity index (χ2n) is 5.60. The van der Waals surface area contributed by atoms with Crippen molar-refractivity contribution in [2.75, 3.05) is 36.8 Å². The smallest absolute Gasteiger partial charge is 0.252 e. The van der Waals surface area contributed by atoms with Gasteiger partial charge in [0.1, 0.15) is 11.6 Å². The van der Waals surface area contributed by atoms with Crippen LogP contribution in [-0.4, -0.2) is 68.8 Å².